The summed E-state index contributed by atoms with van der Waals surface area (Å²) in [5.41, 5.74) is 2.88. The molecule has 0 saturated carbocycles. The summed E-state index contributed by atoms with van der Waals surface area (Å²) in [6, 6.07) is 7.84. The summed E-state index contributed by atoms with van der Waals surface area (Å²) < 4.78 is 3.46. The molecular weight excluding hydrogens is 258 g/mol. The average molecular weight is 273 g/mol. The highest BCUT2D eigenvalue weighted by molar-refractivity contribution is 7.09. The number of aromatic nitrogens is 3. The smallest absolute Gasteiger partial charge is 0.295 e. The first kappa shape index (κ1) is 12.2. The molecule has 0 amide bonds. The van der Waals surface area contributed by atoms with Crippen molar-refractivity contribution in [2.45, 2.75) is 19.9 Å². The fourth-order valence-electron chi connectivity index (χ4n) is 2.26. The molecule has 3 rings (SSSR count). The highest BCUT2D eigenvalue weighted by atomic mass is 32.1. The van der Waals surface area contributed by atoms with Gasteiger partial charge in [-0.2, -0.15) is 0 Å². The molecular formula is C14H15N3OS. The van der Waals surface area contributed by atoms with Crippen LogP contribution in [0.25, 0.3) is 11.0 Å². The van der Waals surface area contributed by atoms with Crippen molar-refractivity contribution in [2.24, 2.45) is 7.05 Å². The van der Waals surface area contributed by atoms with Crippen LogP contribution in [0, 0.1) is 0 Å². The number of para-hydroxylation sites is 2. The SMILES string of the molecule is CCc1nc(Cn2c(=O)n(C)c3ccccc32)cs1. The second-order valence-corrected chi connectivity index (χ2v) is 5.45. The van der Waals surface area contributed by atoms with Crippen LogP contribution in [0.1, 0.15) is 17.6 Å². The number of nitrogens with zero attached hydrogens (tertiary/aromatic N) is 3. The summed E-state index contributed by atoms with van der Waals surface area (Å²) >= 11 is 1.65. The van der Waals surface area contributed by atoms with Crippen LogP contribution in [0.4, 0.5) is 0 Å². The van der Waals surface area contributed by atoms with Gasteiger partial charge in [-0.25, -0.2) is 9.78 Å². The molecule has 0 spiro atoms. The predicted molar refractivity (Wildman–Crippen MR) is 77.8 cm³/mol. The normalized spacial score (nSPS) is 11.3. The molecule has 3 aromatic rings. The third-order valence-electron chi connectivity index (χ3n) is 3.27. The maximum Gasteiger partial charge on any atom is 0.329 e. The molecule has 0 saturated heterocycles. The van der Waals surface area contributed by atoms with Crippen molar-refractivity contribution < 1.29 is 0 Å². The van der Waals surface area contributed by atoms with Gasteiger partial charge >= 0.3 is 5.69 Å². The standard InChI is InChI=1S/C14H15N3OS/c1-3-13-15-10(9-19-13)8-17-12-7-5-4-6-11(12)16(2)14(17)18/h4-7,9H,3,8H2,1-2H3. The van der Waals surface area contributed by atoms with Crippen molar-refractivity contribution in [3.8, 4) is 0 Å². The van der Waals surface area contributed by atoms with E-state index in [9.17, 15) is 4.79 Å². The number of imidazole rings is 1. The molecule has 0 aliphatic carbocycles. The number of hydrogen-bond donors (Lipinski definition) is 0. The van der Waals surface area contributed by atoms with Gasteiger partial charge in [-0.3, -0.25) is 9.13 Å². The van der Waals surface area contributed by atoms with Crippen LogP contribution in [0.15, 0.2) is 34.4 Å². The Kier molecular flexibility index (Phi) is 2.98. The van der Waals surface area contributed by atoms with Gasteiger partial charge < -0.3 is 0 Å². The molecule has 0 aliphatic heterocycles. The van der Waals surface area contributed by atoms with Crippen molar-refractivity contribution in [1.82, 2.24) is 14.1 Å². The highest BCUT2D eigenvalue weighted by Gasteiger charge is 2.11. The lowest BCUT2D eigenvalue weighted by Crippen LogP contribution is -2.22. The van der Waals surface area contributed by atoms with E-state index in [4.69, 9.17) is 0 Å². The first-order valence-corrected chi connectivity index (χ1v) is 7.16. The molecule has 98 valence electrons. The monoisotopic (exact) mass is 273 g/mol. The van der Waals surface area contributed by atoms with Crippen LogP contribution in [0.2, 0.25) is 0 Å². The molecule has 2 heterocycles. The lowest BCUT2D eigenvalue weighted by atomic mass is 10.3. The highest BCUT2D eigenvalue weighted by Crippen LogP contribution is 2.15. The van der Waals surface area contributed by atoms with E-state index >= 15 is 0 Å². The molecule has 0 atom stereocenters. The Bertz CT molecular complexity index is 781. The van der Waals surface area contributed by atoms with Gasteiger partial charge in [0.15, 0.2) is 0 Å². The number of benzene rings is 1. The van der Waals surface area contributed by atoms with E-state index < -0.39 is 0 Å². The molecule has 0 unspecified atom stereocenters. The van der Waals surface area contributed by atoms with Gasteiger partial charge in [-0.1, -0.05) is 19.1 Å². The minimum absolute atomic E-state index is 0.00671. The summed E-state index contributed by atoms with van der Waals surface area (Å²) in [5, 5.41) is 3.15. The van der Waals surface area contributed by atoms with Gasteiger partial charge in [0.05, 0.1) is 28.3 Å². The van der Waals surface area contributed by atoms with E-state index in [0.717, 1.165) is 28.2 Å². The van der Waals surface area contributed by atoms with Gasteiger partial charge in [0.25, 0.3) is 0 Å². The fraction of sp³-hybridized carbons (Fsp3) is 0.286. The molecule has 1 aromatic carbocycles. The van der Waals surface area contributed by atoms with Gasteiger partial charge in [0.1, 0.15) is 0 Å². The second kappa shape index (κ2) is 4.66. The van der Waals surface area contributed by atoms with E-state index in [1.165, 1.54) is 0 Å². The van der Waals surface area contributed by atoms with Crippen LogP contribution in [0.5, 0.6) is 0 Å². The van der Waals surface area contributed by atoms with Gasteiger partial charge in [0.2, 0.25) is 0 Å². The third-order valence-corrected chi connectivity index (χ3v) is 4.32. The average Bonchev–Trinajstić information content (AvgIpc) is 2.99. The van der Waals surface area contributed by atoms with E-state index in [0.29, 0.717) is 6.54 Å². The summed E-state index contributed by atoms with van der Waals surface area (Å²) in [7, 11) is 1.81. The third kappa shape index (κ3) is 2.00. The van der Waals surface area contributed by atoms with Crippen molar-refractivity contribution in [1.29, 1.82) is 0 Å². The molecule has 2 aromatic heterocycles. The zero-order valence-corrected chi connectivity index (χ0v) is 11.8. The Balaban J connectivity index is 2.10. The quantitative estimate of drug-likeness (QED) is 0.735. The van der Waals surface area contributed by atoms with Crippen molar-refractivity contribution in [2.75, 3.05) is 0 Å². The summed E-state index contributed by atoms with van der Waals surface area (Å²) in [6.07, 6.45) is 0.940. The first-order chi connectivity index (χ1) is 9.20. The van der Waals surface area contributed by atoms with Crippen LogP contribution < -0.4 is 5.69 Å². The van der Waals surface area contributed by atoms with Crippen LogP contribution in [0.3, 0.4) is 0 Å². The van der Waals surface area contributed by atoms with Crippen LogP contribution in [-0.2, 0) is 20.0 Å². The van der Waals surface area contributed by atoms with Gasteiger partial charge in [-0.05, 0) is 18.6 Å². The molecule has 0 radical (unpaired) electrons. The Morgan fingerprint density at radius 3 is 2.68 bits per heavy atom. The lowest BCUT2D eigenvalue weighted by Gasteiger charge is -1.99. The predicted octanol–water partition coefficient (Wildman–Crippen LogP) is 2.41. The van der Waals surface area contributed by atoms with E-state index in [1.807, 2.05) is 29.6 Å². The number of fused-ring (bicyclic) bond motifs is 1. The topological polar surface area (TPSA) is 39.8 Å². The van der Waals surface area contributed by atoms with E-state index in [-0.39, 0.29) is 5.69 Å². The molecule has 0 bridgehead atoms. The van der Waals surface area contributed by atoms with Crippen LogP contribution in [-0.4, -0.2) is 14.1 Å². The Hall–Kier alpha value is -1.88. The van der Waals surface area contributed by atoms with Gasteiger partial charge in [0, 0.05) is 12.4 Å². The zero-order valence-electron chi connectivity index (χ0n) is 11.0. The number of thiazole rings is 1. The second-order valence-electron chi connectivity index (χ2n) is 4.50. The first-order valence-electron chi connectivity index (χ1n) is 6.28. The maximum atomic E-state index is 12.3. The van der Waals surface area contributed by atoms with E-state index in [1.54, 1.807) is 27.5 Å². The van der Waals surface area contributed by atoms with Crippen LogP contribution >= 0.6 is 11.3 Å². The Morgan fingerprint density at radius 2 is 2.00 bits per heavy atom. The number of aryl methyl sites for hydroxylation is 2. The lowest BCUT2D eigenvalue weighted by molar-refractivity contribution is 0.723. The van der Waals surface area contributed by atoms with E-state index in [2.05, 4.69) is 11.9 Å². The summed E-state index contributed by atoms with van der Waals surface area (Å²) in [5.74, 6) is 0. The maximum absolute atomic E-state index is 12.3. The molecule has 0 aliphatic rings. The fourth-order valence-corrected chi connectivity index (χ4v) is 3.00. The number of rotatable bonds is 3. The molecule has 0 N–H and O–H groups in total. The summed E-state index contributed by atoms with van der Waals surface area (Å²) in [4.78, 5) is 16.8. The Morgan fingerprint density at radius 1 is 1.26 bits per heavy atom. The summed E-state index contributed by atoms with van der Waals surface area (Å²) in [6.45, 7) is 2.63. The van der Waals surface area contributed by atoms with Crippen molar-refractivity contribution >= 4 is 22.4 Å². The van der Waals surface area contributed by atoms with Crippen molar-refractivity contribution in [3.05, 3.63) is 50.8 Å². The molecule has 0 fully saturated rings. The Labute approximate surface area is 115 Å². The molecule has 19 heavy (non-hydrogen) atoms. The minimum atomic E-state index is 0.00671. The largest absolute Gasteiger partial charge is 0.329 e. The molecule has 5 heteroatoms. The van der Waals surface area contributed by atoms with Gasteiger partial charge in [-0.15, -0.1) is 11.3 Å². The zero-order chi connectivity index (χ0) is 13.4. The number of hydrogen-bond acceptors (Lipinski definition) is 3. The minimum Gasteiger partial charge on any atom is -0.295 e. The molecule has 4 nitrogen and oxygen atoms in total. The van der Waals surface area contributed by atoms with Crippen molar-refractivity contribution in [3.63, 3.8) is 0 Å².